The quantitative estimate of drug-likeness (QED) is 0.478. The molecule has 0 aliphatic heterocycles. The molecule has 8 nitrogen and oxygen atoms in total. The van der Waals surface area contributed by atoms with Crippen LogP contribution < -0.4 is 14.8 Å². The van der Waals surface area contributed by atoms with E-state index in [0.29, 0.717) is 11.1 Å². The summed E-state index contributed by atoms with van der Waals surface area (Å²) < 4.78 is 53.6. The van der Waals surface area contributed by atoms with Crippen molar-refractivity contribution in [1.29, 1.82) is 0 Å². The highest BCUT2D eigenvalue weighted by atomic mass is 32.2. The van der Waals surface area contributed by atoms with E-state index in [1.165, 1.54) is 12.6 Å². The summed E-state index contributed by atoms with van der Waals surface area (Å²) in [6.07, 6.45) is 4.03. The Morgan fingerprint density at radius 2 is 1.62 bits per heavy atom. The van der Waals surface area contributed by atoms with Gasteiger partial charge in [0.1, 0.15) is 0 Å². The third kappa shape index (κ3) is 6.61. The first-order valence-corrected chi connectivity index (χ1v) is 13.7. The van der Waals surface area contributed by atoms with Crippen molar-refractivity contribution in [3.8, 4) is 0 Å². The Bertz CT molecular complexity index is 1180. The first-order valence-electron chi connectivity index (χ1n) is 10.6. The van der Waals surface area contributed by atoms with Crippen LogP contribution in [-0.2, 0) is 50.0 Å². The zero-order chi connectivity index (χ0) is 23.2. The molecule has 1 amide bonds. The monoisotopic (exact) mass is 479 g/mol. The molecule has 32 heavy (non-hydrogen) atoms. The highest BCUT2D eigenvalue weighted by molar-refractivity contribution is 7.89. The maximum Gasteiger partial charge on any atom is 0.240 e. The second-order valence-corrected chi connectivity index (χ2v) is 11.5. The van der Waals surface area contributed by atoms with Crippen molar-refractivity contribution in [3.05, 3.63) is 64.7 Å². The Hall–Kier alpha value is -2.27. The van der Waals surface area contributed by atoms with E-state index in [4.69, 9.17) is 0 Å². The molecule has 174 valence electrons. The van der Waals surface area contributed by atoms with Crippen LogP contribution in [0.15, 0.2) is 47.4 Å². The van der Waals surface area contributed by atoms with Crippen molar-refractivity contribution in [3.63, 3.8) is 0 Å². The zero-order valence-corrected chi connectivity index (χ0v) is 19.7. The lowest BCUT2D eigenvalue weighted by Crippen LogP contribution is -2.31. The predicted molar refractivity (Wildman–Crippen MR) is 123 cm³/mol. The standard InChI is InChI=1S/C22H29N3O5S2/c1-23-31(27,28)16-20-9-5-4-8-19(20)15-24-22(26)12-13-25-32(29,30)21-11-10-17-6-2-3-7-18(17)14-21/h4-5,8-11,14,23,25H,2-3,6-7,12-13,15-16H2,1H3,(H,24,26). The normalized spacial score (nSPS) is 14.0. The van der Waals surface area contributed by atoms with Crippen LogP contribution in [0.25, 0.3) is 0 Å². The van der Waals surface area contributed by atoms with Gasteiger partial charge in [-0.05, 0) is 67.1 Å². The summed E-state index contributed by atoms with van der Waals surface area (Å²) in [4.78, 5) is 12.4. The van der Waals surface area contributed by atoms with E-state index in [2.05, 4.69) is 14.8 Å². The number of aryl methyl sites for hydroxylation is 2. The van der Waals surface area contributed by atoms with E-state index in [9.17, 15) is 21.6 Å². The van der Waals surface area contributed by atoms with Gasteiger partial charge in [-0.15, -0.1) is 0 Å². The van der Waals surface area contributed by atoms with Crippen LogP contribution in [0.5, 0.6) is 0 Å². The van der Waals surface area contributed by atoms with Gasteiger partial charge in [-0.2, -0.15) is 0 Å². The summed E-state index contributed by atoms with van der Waals surface area (Å²) in [6.45, 7) is 0.132. The van der Waals surface area contributed by atoms with Crippen molar-refractivity contribution in [1.82, 2.24) is 14.8 Å². The highest BCUT2D eigenvalue weighted by Crippen LogP contribution is 2.24. The molecule has 0 saturated heterocycles. The van der Waals surface area contributed by atoms with Crippen LogP contribution in [0, 0.1) is 0 Å². The average molecular weight is 480 g/mol. The highest BCUT2D eigenvalue weighted by Gasteiger charge is 2.18. The molecule has 1 aliphatic carbocycles. The molecule has 0 fully saturated rings. The maximum atomic E-state index is 12.6. The summed E-state index contributed by atoms with van der Waals surface area (Å²) in [5.41, 5.74) is 3.57. The number of benzene rings is 2. The Morgan fingerprint density at radius 1 is 0.938 bits per heavy atom. The minimum Gasteiger partial charge on any atom is -0.352 e. The summed E-state index contributed by atoms with van der Waals surface area (Å²) >= 11 is 0. The van der Waals surface area contributed by atoms with Gasteiger partial charge in [0.05, 0.1) is 10.6 Å². The Balaban J connectivity index is 1.52. The molecule has 10 heteroatoms. The lowest BCUT2D eigenvalue weighted by Gasteiger charge is -2.16. The van der Waals surface area contributed by atoms with E-state index >= 15 is 0 Å². The second kappa shape index (κ2) is 10.6. The number of rotatable bonds is 10. The van der Waals surface area contributed by atoms with Crippen molar-refractivity contribution in [2.45, 2.75) is 49.3 Å². The lowest BCUT2D eigenvalue weighted by atomic mass is 9.92. The minimum absolute atomic E-state index is 0.0266. The third-order valence-electron chi connectivity index (χ3n) is 5.53. The Morgan fingerprint density at radius 3 is 2.34 bits per heavy atom. The molecular formula is C22H29N3O5S2. The van der Waals surface area contributed by atoms with Gasteiger partial charge in [0, 0.05) is 19.5 Å². The number of sulfonamides is 2. The van der Waals surface area contributed by atoms with Gasteiger partial charge in [-0.1, -0.05) is 30.3 Å². The summed E-state index contributed by atoms with van der Waals surface area (Å²) in [7, 11) is -5.77. The van der Waals surface area contributed by atoms with Gasteiger partial charge in [-0.3, -0.25) is 4.79 Å². The molecule has 2 aromatic carbocycles. The molecule has 0 aromatic heterocycles. The van der Waals surface area contributed by atoms with Crippen LogP contribution in [0.3, 0.4) is 0 Å². The molecule has 0 radical (unpaired) electrons. The molecule has 0 saturated carbocycles. The molecule has 0 bridgehead atoms. The van der Waals surface area contributed by atoms with Gasteiger partial charge >= 0.3 is 0 Å². The molecule has 0 spiro atoms. The van der Waals surface area contributed by atoms with Crippen molar-refractivity contribution in [2.24, 2.45) is 0 Å². The van der Waals surface area contributed by atoms with Crippen LogP contribution in [0.2, 0.25) is 0 Å². The molecular weight excluding hydrogens is 450 g/mol. The smallest absolute Gasteiger partial charge is 0.240 e. The molecule has 2 aromatic rings. The van der Waals surface area contributed by atoms with Gasteiger partial charge in [0.25, 0.3) is 0 Å². The van der Waals surface area contributed by atoms with E-state index in [-0.39, 0.29) is 36.1 Å². The van der Waals surface area contributed by atoms with Gasteiger partial charge in [-0.25, -0.2) is 26.3 Å². The van der Waals surface area contributed by atoms with Crippen LogP contribution in [-0.4, -0.2) is 36.3 Å². The molecule has 0 unspecified atom stereocenters. The number of nitrogens with one attached hydrogen (secondary N) is 3. The Labute approximate surface area is 189 Å². The second-order valence-electron chi connectivity index (χ2n) is 7.79. The number of hydrogen-bond acceptors (Lipinski definition) is 5. The fraction of sp³-hybridized carbons (Fsp3) is 0.409. The lowest BCUT2D eigenvalue weighted by molar-refractivity contribution is -0.121. The summed E-state index contributed by atoms with van der Waals surface area (Å²) in [5, 5.41) is 2.72. The Kier molecular flexibility index (Phi) is 8.05. The molecule has 3 N–H and O–H groups in total. The van der Waals surface area contributed by atoms with E-state index in [1.807, 2.05) is 6.07 Å². The van der Waals surface area contributed by atoms with E-state index in [1.54, 1.807) is 36.4 Å². The average Bonchev–Trinajstić information content (AvgIpc) is 2.78. The van der Waals surface area contributed by atoms with Crippen molar-refractivity contribution >= 4 is 26.0 Å². The number of amides is 1. The first kappa shape index (κ1) is 24.4. The zero-order valence-electron chi connectivity index (χ0n) is 18.1. The largest absolute Gasteiger partial charge is 0.352 e. The minimum atomic E-state index is -3.69. The predicted octanol–water partition coefficient (Wildman–Crippen LogP) is 1.60. The molecule has 3 rings (SSSR count). The van der Waals surface area contributed by atoms with Crippen molar-refractivity contribution in [2.75, 3.05) is 13.6 Å². The SMILES string of the molecule is CNS(=O)(=O)Cc1ccccc1CNC(=O)CCNS(=O)(=O)c1ccc2c(c1)CCCC2. The van der Waals surface area contributed by atoms with Crippen LogP contribution >= 0.6 is 0 Å². The number of fused-ring (bicyclic) bond motifs is 1. The first-order chi connectivity index (χ1) is 15.2. The maximum absolute atomic E-state index is 12.6. The van der Waals surface area contributed by atoms with Crippen LogP contribution in [0.1, 0.15) is 41.5 Å². The number of carbonyl (C=O) groups is 1. The van der Waals surface area contributed by atoms with Gasteiger partial charge < -0.3 is 5.32 Å². The molecule has 1 aliphatic rings. The fourth-order valence-electron chi connectivity index (χ4n) is 3.69. The molecule has 0 heterocycles. The number of carbonyl (C=O) groups excluding carboxylic acids is 1. The molecule has 0 atom stereocenters. The summed E-state index contributed by atoms with van der Waals surface area (Å²) in [6, 6.07) is 12.2. The summed E-state index contributed by atoms with van der Waals surface area (Å²) in [5.74, 6) is -0.514. The van der Waals surface area contributed by atoms with E-state index in [0.717, 1.165) is 31.2 Å². The van der Waals surface area contributed by atoms with Crippen LogP contribution in [0.4, 0.5) is 0 Å². The van der Waals surface area contributed by atoms with Gasteiger partial charge in [0.15, 0.2) is 0 Å². The third-order valence-corrected chi connectivity index (χ3v) is 8.30. The fourth-order valence-corrected chi connectivity index (χ4v) is 5.61. The topological polar surface area (TPSA) is 121 Å². The van der Waals surface area contributed by atoms with E-state index < -0.39 is 20.0 Å². The number of hydrogen-bond donors (Lipinski definition) is 3. The van der Waals surface area contributed by atoms with Gasteiger partial charge in [0.2, 0.25) is 26.0 Å². The van der Waals surface area contributed by atoms with Crippen molar-refractivity contribution < 1.29 is 21.6 Å².